The van der Waals surface area contributed by atoms with Crippen LogP contribution < -0.4 is 32.2 Å². The molecule has 11 N–H and O–H groups in total. The molecule has 4 aromatic rings. The summed E-state index contributed by atoms with van der Waals surface area (Å²) in [6.07, 6.45) is 0. The second-order valence-electron chi connectivity index (χ2n) is 9.76. The van der Waals surface area contributed by atoms with Gasteiger partial charge in [0.25, 0.3) is 10.1 Å². The normalized spacial score (nSPS) is 13.2. The minimum atomic E-state index is -4.80. The average Bonchev–Trinajstić information content (AvgIpc) is 2.94. The predicted molar refractivity (Wildman–Crippen MR) is 157 cm³/mol. The van der Waals surface area contributed by atoms with Gasteiger partial charge in [-0.1, -0.05) is 12.1 Å². The molecule has 0 saturated heterocycles. The van der Waals surface area contributed by atoms with Crippen molar-refractivity contribution in [2.75, 3.05) is 36.1 Å². The molecule has 0 amide bonds. The van der Waals surface area contributed by atoms with E-state index in [1.807, 2.05) is 13.8 Å². The summed E-state index contributed by atoms with van der Waals surface area (Å²) in [6.45, 7) is 4.99. The molecule has 0 spiro atoms. The fourth-order valence-electron chi connectivity index (χ4n) is 3.79. The van der Waals surface area contributed by atoms with Crippen molar-refractivity contribution in [3.63, 3.8) is 0 Å². The molecule has 0 radical (unpaired) electrons. The van der Waals surface area contributed by atoms with E-state index < -0.39 is 26.5 Å². The molecule has 1 heterocycles. The van der Waals surface area contributed by atoms with Crippen LogP contribution in [0.1, 0.15) is 13.8 Å². The molecule has 16 heteroatoms. The zero-order valence-electron chi connectivity index (χ0n) is 23.4. The third kappa shape index (κ3) is 7.55. The fourth-order valence-corrected chi connectivity index (χ4v) is 4.45. The molecule has 2 unspecified atom stereocenters. The van der Waals surface area contributed by atoms with Gasteiger partial charge in [0.2, 0.25) is 17.8 Å². The molecule has 0 aliphatic carbocycles. The Balaban J connectivity index is 1.73. The van der Waals surface area contributed by atoms with Gasteiger partial charge in [-0.25, -0.2) is 0 Å². The predicted octanol–water partition coefficient (Wildman–Crippen LogP) is 2.23. The monoisotopic (exact) mass is 598 g/mol. The summed E-state index contributed by atoms with van der Waals surface area (Å²) >= 11 is 0. The summed E-state index contributed by atoms with van der Waals surface area (Å²) in [7, 11) is -3.35. The van der Waals surface area contributed by atoms with Crippen LogP contribution in [0.4, 0.5) is 34.9 Å². The number of para-hydroxylation sites is 1. The lowest BCUT2D eigenvalue weighted by Crippen LogP contribution is -2.62. The lowest BCUT2D eigenvalue weighted by Gasteiger charge is -2.13. The minimum Gasteiger partial charge on any atom is -0.505 e. The molecule has 0 bridgehead atoms. The zero-order chi connectivity index (χ0) is 30.4. The van der Waals surface area contributed by atoms with E-state index in [-0.39, 0.29) is 23.4 Å². The number of ether oxygens (including phenoxy) is 1. The topological polar surface area (TPSA) is 239 Å². The molecule has 42 heavy (non-hydrogen) atoms. The van der Waals surface area contributed by atoms with Gasteiger partial charge < -0.3 is 37.3 Å². The quantitative estimate of drug-likeness (QED) is 0.0921. The standard InChI is InChI=1S/C26H32N10O5S/c1-14(27)12-29-24-32-25(30-13-15(2)28)34-26(33-24)31-17-8-9-18-16(10-17)11-21(42(38,39)40)22(23(18)37)36-35-19-6-4-5-7-20(19)41-3/h4-11,14-15,37H,12-13,27-28H2,1-3H3,(H,38,39,40)(H3,29,30,31,32,33,34)/p+2. The number of benzene rings is 3. The van der Waals surface area contributed by atoms with Crippen molar-refractivity contribution < 1.29 is 34.3 Å². The van der Waals surface area contributed by atoms with Crippen LogP contribution in [0.5, 0.6) is 11.5 Å². The first-order valence-corrected chi connectivity index (χ1v) is 14.4. The number of azo groups is 1. The zero-order valence-corrected chi connectivity index (χ0v) is 24.2. The molecule has 222 valence electrons. The number of hydrogen-bond donors (Lipinski definition) is 7. The van der Waals surface area contributed by atoms with Gasteiger partial charge in [0, 0.05) is 11.1 Å². The van der Waals surface area contributed by atoms with E-state index in [1.165, 1.54) is 13.2 Å². The lowest BCUT2D eigenvalue weighted by atomic mass is 10.1. The van der Waals surface area contributed by atoms with Crippen molar-refractivity contribution in [3.8, 4) is 11.5 Å². The first-order chi connectivity index (χ1) is 19.9. The van der Waals surface area contributed by atoms with Crippen LogP contribution in [0.15, 0.2) is 63.7 Å². The van der Waals surface area contributed by atoms with Crippen molar-refractivity contribution in [1.29, 1.82) is 0 Å². The summed E-state index contributed by atoms with van der Waals surface area (Å²) < 4.78 is 39.8. The summed E-state index contributed by atoms with van der Waals surface area (Å²) in [5.74, 6) is 0.790. The molecule has 0 saturated carbocycles. The smallest absolute Gasteiger partial charge is 0.296 e. The molecule has 2 atom stereocenters. The average molecular weight is 599 g/mol. The Morgan fingerprint density at radius 1 is 0.929 bits per heavy atom. The van der Waals surface area contributed by atoms with Crippen LogP contribution in [0.2, 0.25) is 0 Å². The molecular weight excluding hydrogens is 564 g/mol. The van der Waals surface area contributed by atoms with Crippen LogP contribution in [0, 0.1) is 0 Å². The van der Waals surface area contributed by atoms with Crippen molar-refractivity contribution in [3.05, 3.63) is 48.5 Å². The Bertz CT molecular complexity index is 1680. The second-order valence-corrected chi connectivity index (χ2v) is 11.1. The fraction of sp³-hybridized carbons (Fsp3) is 0.269. The summed E-state index contributed by atoms with van der Waals surface area (Å²) in [6, 6.07) is 12.9. The Morgan fingerprint density at radius 2 is 1.55 bits per heavy atom. The highest BCUT2D eigenvalue weighted by molar-refractivity contribution is 7.86. The van der Waals surface area contributed by atoms with E-state index >= 15 is 0 Å². The van der Waals surface area contributed by atoms with Crippen molar-refractivity contribution in [1.82, 2.24) is 15.0 Å². The molecular formula is C26H34N10O5S+2. The van der Waals surface area contributed by atoms with Gasteiger partial charge in [0.05, 0.1) is 32.3 Å². The third-order valence-corrected chi connectivity index (χ3v) is 6.65. The number of nitrogens with zero attached hydrogens (tertiary/aromatic N) is 5. The maximum Gasteiger partial charge on any atom is 0.296 e. The number of fused-ring (bicyclic) bond motifs is 1. The van der Waals surface area contributed by atoms with Gasteiger partial charge in [-0.05, 0) is 55.6 Å². The number of hydrogen-bond acceptors (Lipinski definition) is 12. The van der Waals surface area contributed by atoms with Crippen LogP contribution in [0.3, 0.4) is 0 Å². The molecule has 1 aromatic heterocycles. The summed E-state index contributed by atoms with van der Waals surface area (Å²) in [4.78, 5) is 12.6. The van der Waals surface area contributed by atoms with Gasteiger partial charge in [0.15, 0.2) is 5.75 Å². The highest BCUT2D eigenvalue weighted by Crippen LogP contribution is 2.42. The van der Waals surface area contributed by atoms with Crippen molar-refractivity contribution in [2.24, 2.45) is 10.2 Å². The second kappa shape index (κ2) is 12.9. The molecule has 0 fully saturated rings. The molecule has 0 aliphatic rings. The van der Waals surface area contributed by atoms with Gasteiger partial charge >= 0.3 is 0 Å². The van der Waals surface area contributed by atoms with Crippen LogP contribution in [-0.4, -0.2) is 65.3 Å². The Morgan fingerprint density at radius 3 is 2.14 bits per heavy atom. The number of nitrogens with one attached hydrogen (secondary N) is 3. The van der Waals surface area contributed by atoms with Crippen LogP contribution in [0.25, 0.3) is 10.8 Å². The maximum atomic E-state index is 12.3. The van der Waals surface area contributed by atoms with Gasteiger partial charge in [-0.3, -0.25) is 4.55 Å². The van der Waals surface area contributed by atoms with E-state index in [0.29, 0.717) is 47.5 Å². The number of quaternary nitrogens is 2. The number of aromatic hydroxyl groups is 1. The lowest BCUT2D eigenvalue weighted by molar-refractivity contribution is -0.409. The number of phenolic OH excluding ortho intramolecular Hbond substituents is 1. The van der Waals surface area contributed by atoms with E-state index in [9.17, 15) is 18.1 Å². The van der Waals surface area contributed by atoms with E-state index in [0.717, 1.165) is 0 Å². The molecule has 15 nitrogen and oxygen atoms in total. The molecule has 0 aliphatic heterocycles. The van der Waals surface area contributed by atoms with Crippen molar-refractivity contribution in [2.45, 2.75) is 30.8 Å². The third-order valence-electron chi connectivity index (χ3n) is 5.78. The minimum absolute atomic E-state index is 0.110. The first-order valence-electron chi connectivity index (χ1n) is 12.9. The number of phenols is 1. The number of methoxy groups -OCH3 is 1. The van der Waals surface area contributed by atoms with Crippen LogP contribution >= 0.6 is 0 Å². The molecule has 4 rings (SSSR count). The van der Waals surface area contributed by atoms with E-state index in [4.69, 9.17) is 4.74 Å². The highest BCUT2D eigenvalue weighted by Gasteiger charge is 2.22. The largest absolute Gasteiger partial charge is 0.505 e. The number of rotatable bonds is 12. The summed E-state index contributed by atoms with van der Waals surface area (Å²) in [5.41, 5.74) is 8.27. The Kier molecular flexibility index (Phi) is 9.31. The summed E-state index contributed by atoms with van der Waals surface area (Å²) in [5, 5.41) is 28.9. The van der Waals surface area contributed by atoms with Gasteiger partial charge in [-0.2, -0.15) is 23.4 Å². The highest BCUT2D eigenvalue weighted by atomic mass is 32.2. The number of anilines is 4. The molecule has 3 aromatic carbocycles. The van der Waals surface area contributed by atoms with Gasteiger partial charge in [0.1, 0.15) is 22.0 Å². The van der Waals surface area contributed by atoms with Gasteiger partial charge in [-0.15, -0.1) is 10.2 Å². The van der Waals surface area contributed by atoms with Crippen LogP contribution in [-0.2, 0) is 10.1 Å². The van der Waals surface area contributed by atoms with E-state index in [2.05, 4.69) is 52.6 Å². The maximum absolute atomic E-state index is 12.3. The first kappa shape index (κ1) is 30.3. The number of aromatic nitrogens is 3. The Hall–Kier alpha value is -4.64. The van der Waals surface area contributed by atoms with Crippen molar-refractivity contribution >= 4 is 55.8 Å². The Labute approximate surface area is 242 Å². The van der Waals surface area contributed by atoms with E-state index in [1.54, 1.807) is 42.5 Å². The SMILES string of the molecule is COc1ccccc1N=Nc1c(S(=O)(=O)O)cc2cc(Nc3nc(NCC(C)[NH3+])nc(NCC(C)[NH3+])n3)ccc2c1O.